The number of Topliss-reactive ketones (excluding diaryl/α,β-unsaturated/α-hetero) is 1. The minimum atomic E-state index is -0.462. The Morgan fingerprint density at radius 3 is 2.67 bits per heavy atom. The summed E-state index contributed by atoms with van der Waals surface area (Å²) >= 11 is 0. The number of fused-ring (bicyclic) bond motifs is 3. The number of phenols is 1. The van der Waals surface area contributed by atoms with E-state index in [2.05, 4.69) is 0 Å². The lowest BCUT2D eigenvalue weighted by Crippen LogP contribution is -2.44. The van der Waals surface area contributed by atoms with Crippen LogP contribution in [-0.2, 0) is 4.79 Å². The topological polar surface area (TPSA) is 82.1 Å². The molecule has 1 aliphatic carbocycles. The van der Waals surface area contributed by atoms with Crippen molar-refractivity contribution in [1.29, 1.82) is 0 Å². The van der Waals surface area contributed by atoms with Crippen molar-refractivity contribution in [2.75, 3.05) is 7.11 Å². The molecule has 2 aromatic carbocycles. The summed E-state index contributed by atoms with van der Waals surface area (Å²) < 4.78 is 17.4. The molecule has 2 aromatic rings. The highest BCUT2D eigenvalue weighted by Gasteiger charge is 2.44. The summed E-state index contributed by atoms with van der Waals surface area (Å²) in [4.78, 5) is 25.4. The van der Waals surface area contributed by atoms with Crippen molar-refractivity contribution < 1.29 is 28.9 Å². The monoisotopic (exact) mass is 408 g/mol. The van der Waals surface area contributed by atoms with Crippen molar-refractivity contribution in [3.63, 3.8) is 0 Å². The molecule has 0 saturated heterocycles. The molecule has 3 aliphatic rings. The number of benzene rings is 2. The molecule has 6 heteroatoms. The number of ether oxygens (including phenoxy) is 3. The van der Waals surface area contributed by atoms with Crippen molar-refractivity contribution >= 4 is 11.8 Å². The Morgan fingerprint density at radius 2 is 1.90 bits per heavy atom. The number of ketones is 1. The Morgan fingerprint density at radius 1 is 1.10 bits per heavy atom. The third-order valence-corrected chi connectivity index (χ3v) is 6.57. The van der Waals surface area contributed by atoms with E-state index in [0.29, 0.717) is 29.2 Å². The number of hydrogen-bond donors (Lipinski definition) is 1. The van der Waals surface area contributed by atoms with E-state index in [1.54, 1.807) is 30.3 Å². The van der Waals surface area contributed by atoms with Gasteiger partial charge in [0.05, 0.1) is 25.5 Å². The number of carbonyl (C=O) groups is 2. The summed E-state index contributed by atoms with van der Waals surface area (Å²) in [6, 6.07) is 8.45. The van der Waals surface area contributed by atoms with Crippen LogP contribution in [0.5, 0.6) is 23.0 Å². The van der Waals surface area contributed by atoms with E-state index in [-0.39, 0.29) is 29.8 Å². The second-order valence-corrected chi connectivity index (χ2v) is 8.46. The molecular formula is C24H24O6. The average molecular weight is 408 g/mol. The molecule has 30 heavy (non-hydrogen) atoms. The molecule has 6 nitrogen and oxygen atoms in total. The fourth-order valence-electron chi connectivity index (χ4n) is 5.07. The van der Waals surface area contributed by atoms with Crippen LogP contribution < -0.4 is 14.2 Å². The normalized spacial score (nSPS) is 22.0. The number of esters is 1. The van der Waals surface area contributed by atoms with Crippen LogP contribution in [0.3, 0.4) is 0 Å². The maximum Gasteiger partial charge on any atom is 0.312 e. The van der Waals surface area contributed by atoms with Crippen molar-refractivity contribution in [3.05, 3.63) is 47.0 Å². The SMILES string of the molecule is COc1cc([C@@H]2CC(=O)Oc3ccc4c(c32)OC2(CCCCC2)CC4=O)ccc1O. The lowest BCUT2D eigenvalue weighted by atomic mass is 9.76. The quantitative estimate of drug-likeness (QED) is 0.582. The first kappa shape index (κ1) is 19.0. The Labute approximate surface area is 174 Å². The first-order valence-corrected chi connectivity index (χ1v) is 10.5. The van der Waals surface area contributed by atoms with Gasteiger partial charge in [-0.2, -0.15) is 0 Å². The summed E-state index contributed by atoms with van der Waals surface area (Å²) in [7, 11) is 1.48. The molecule has 0 aromatic heterocycles. The third-order valence-electron chi connectivity index (χ3n) is 6.57. The number of phenolic OH excluding ortho intramolecular Hbond substituents is 1. The van der Waals surface area contributed by atoms with Gasteiger partial charge < -0.3 is 19.3 Å². The van der Waals surface area contributed by atoms with Gasteiger partial charge in [0.25, 0.3) is 0 Å². The largest absolute Gasteiger partial charge is 0.504 e. The number of aromatic hydroxyl groups is 1. The van der Waals surface area contributed by atoms with Crippen LogP contribution in [0.2, 0.25) is 0 Å². The van der Waals surface area contributed by atoms with Gasteiger partial charge in [0.1, 0.15) is 17.1 Å². The van der Waals surface area contributed by atoms with E-state index in [1.807, 2.05) is 0 Å². The Bertz CT molecular complexity index is 1030. The van der Waals surface area contributed by atoms with Crippen molar-refractivity contribution in [2.45, 2.75) is 56.5 Å². The molecule has 0 amide bonds. The number of hydrogen-bond acceptors (Lipinski definition) is 6. The second-order valence-electron chi connectivity index (χ2n) is 8.46. The molecule has 0 unspecified atom stereocenters. The molecule has 1 saturated carbocycles. The number of carbonyl (C=O) groups excluding carboxylic acids is 2. The lowest BCUT2D eigenvalue weighted by Gasteiger charge is -2.42. The molecule has 156 valence electrons. The van der Waals surface area contributed by atoms with E-state index in [4.69, 9.17) is 14.2 Å². The lowest BCUT2D eigenvalue weighted by molar-refractivity contribution is -0.135. The molecule has 5 rings (SSSR count). The minimum absolute atomic E-state index is 0.0301. The smallest absolute Gasteiger partial charge is 0.312 e. The highest BCUT2D eigenvalue weighted by atomic mass is 16.5. The fourth-order valence-corrected chi connectivity index (χ4v) is 5.07. The molecule has 2 heterocycles. The van der Waals surface area contributed by atoms with Gasteiger partial charge in [0, 0.05) is 11.5 Å². The van der Waals surface area contributed by atoms with E-state index >= 15 is 0 Å². The van der Waals surface area contributed by atoms with Gasteiger partial charge >= 0.3 is 5.97 Å². The van der Waals surface area contributed by atoms with Crippen LogP contribution in [0.1, 0.15) is 72.3 Å². The van der Waals surface area contributed by atoms with E-state index in [0.717, 1.165) is 43.2 Å². The second kappa shape index (κ2) is 7.04. The molecule has 0 bridgehead atoms. The summed E-state index contributed by atoms with van der Waals surface area (Å²) in [5.74, 6) is 0.741. The van der Waals surface area contributed by atoms with Crippen molar-refractivity contribution in [2.24, 2.45) is 0 Å². The highest BCUT2D eigenvalue weighted by Crippen LogP contribution is 2.51. The van der Waals surface area contributed by atoms with Gasteiger partial charge in [-0.15, -0.1) is 0 Å². The zero-order valence-electron chi connectivity index (χ0n) is 16.9. The predicted molar refractivity (Wildman–Crippen MR) is 109 cm³/mol. The predicted octanol–water partition coefficient (Wildman–Crippen LogP) is 4.51. The zero-order valence-corrected chi connectivity index (χ0v) is 16.9. The van der Waals surface area contributed by atoms with Crippen molar-refractivity contribution in [1.82, 2.24) is 0 Å². The molecule has 1 N–H and O–H groups in total. The van der Waals surface area contributed by atoms with Crippen LogP contribution in [0.15, 0.2) is 30.3 Å². The summed E-state index contributed by atoms with van der Waals surface area (Å²) in [6.07, 6.45) is 5.50. The number of rotatable bonds is 2. The van der Waals surface area contributed by atoms with Crippen molar-refractivity contribution in [3.8, 4) is 23.0 Å². The first-order chi connectivity index (χ1) is 14.5. The molecule has 1 fully saturated rings. The van der Waals surface area contributed by atoms with Gasteiger partial charge in [0.2, 0.25) is 0 Å². The van der Waals surface area contributed by atoms with Crippen LogP contribution in [0.25, 0.3) is 0 Å². The molecule has 2 aliphatic heterocycles. The minimum Gasteiger partial charge on any atom is -0.504 e. The summed E-state index contributed by atoms with van der Waals surface area (Å²) in [5, 5.41) is 9.99. The van der Waals surface area contributed by atoms with Gasteiger partial charge in [-0.05, 0) is 55.5 Å². The van der Waals surface area contributed by atoms with Gasteiger partial charge in [-0.25, -0.2) is 0 Å². The van der Waals surface area contributed by atoms with Gasteiger partial charge in [-0.3, -0.25) is 9.59 Å². The van der Waals surface area contributed by atoms with Crippen LogP contribution >= 0.6 is 0 Å². The maximum atomic E-state index is 13.1. The zero-order chi connectivity index (χ0) is 20.9. The Balaban J connectivity index is 1.66. The molecule has 1 spiro atoms. The summed E-state index contributed by atoms with van der Waals surface area (Å²) in [5.41, 5.74) is 1.63. The summed E-state index contributed by atoms with van der Waals surface area (Å²) in [6.45, 7) is 0. The Hall–Kier alpha value is -3.02. The Kier molecular flexibility index (Phi) is 4.45. The first-order valence-electron chi connectivity index (χ1n) is 10.5. The van der Waals surface area contributed by atoms with Crippen LogP contribution in [0, 0.1) is 0 Å². The van der Waals surface area contributed by atoms with E-state index < -0.39 is 5.60 Å². The molecule has 0 radical (unpaired) electrons. The third kappa shape index (κ3) is 3.02. The molecular weight excluding hydrogens is 384 g/mol. The average Bonchev–Trinajstić information content (AvgIpc) is 2.73. The standard InChI is InChI=1S/C24H24O6/c1-28-20-11-14(5-7-17(20)25)16-12-21(27)29-19-8-6-15-18(26)13-24(9-3-2-4-10-24)30-23(15)22(16)19/h5-8,11,16,25H,2-4,9-10,12-13H2,1H3/t16-/m0/s1. The van der Waals surface area contributed by atoms with E-state index in [9.17, 15) is 14.7 Å². The highest BCUT2D eigenvalue weighted by molar-refractivity contribution is 6.01. The van der Waals surface area contributed by atoms with Gasteiger partial charge in [0.15, 0.2) is 17.3 Å². The fraction of sp³-hybridized carbons (Fsp3) is 0.417. The number of methoxy groups -OCH3 is 1. The molecule has 1 atom stereocenters. The van der Waals surface area contributed by atoms with E-state index in [1.165, 1.54) is 7.11 Å². The van der Waals surface area contributed by atoms with Gasteiger partial charge in [-0.1, -0.05) is 12.5 Å². The van der Waals surface area contributed by atoms with Crippen LogP contribution in [-0.4, -0.2) is 29.6 Å². The van der Waals surface area contributed by atoms with Crippen LogP contribution in [0.4, 0.5) is 0 Å². The maximum absolute atomic E-state index is 13.1.